The lowest BCUT2D eigenvalue weighted by Crippen LogP contribution is -2.23. The lowest BCUT2D eigenvalue weighted by Gasteiger charge is -2.19. The number of carbonyl (C=O) groups excluding carboxylic acids is 1. The number of methoxy groups -OCH3 is 1. The molecule has 0 aliphatic heterocycles. The molecular weight excluding hydrogens is 272 g/mol. The van der Waals surface area contributed by atoms with E-state index in [1.807, 2.05) is 7.05 Å². The molecule has 0 N–H and O–H groups in total. The Kier molecular flexibility index (Phi) is 4.45. The monoisotopic (exact) mass is 288 g/mol. The summed E-state index contributed by atoms with van der Waals surface area (Å²) < 4.78 is 4.67. The van der Waals surface area contributed by atoms with Crippen molar-refractivity contribution in [3.05, 3.63) is 10.0 Å². The van der Waals surface area contributed by atoms with E-state index in [1.54, 1.807) is 0 Å². The molecule has 100 valence electrons. The van der Waals surface area contributed by atoms with E-state index >= 15 is 0 Å². The van der Waals surface area contributed by atoms with E-state index in [0.29, 0.717) is 4.88 Å². The SMILES string of the molecule is COC(=O)c1sc(N(C)CC2CCCC2)nc1Cl. The Balaban J connectivity index is 2.05. The summed E-state index contributed by atoms with van der Waals surface area (Å²) in [7, 11) is 3.34. The summed E-state index contributed by atoms with van der Waals surface area (Å²) in [5.41, 5.74) is 0. The predicted molar refractivity (Wildman–Crippen MR) is 73.7 cm³/mol. The number of rotatable bonds is 4. The van der Waals surface area contributed by atoms with Crippen molar-refractivity contribution in [2.75, 3.05) is 25.6 Å². The largest absolute Gasteiger partial charge is 0.465 e. The Morgan fingerprint density at radius 1 is 1.56 bits per heavy atom. The maximum absolute atomic E-state index is 11.5. The van der Waals surface area contributed by atoms with Gasteiger partial charge in [0.2, 0.25) is 0 Å². The summed E-state index contributed by atoms with van der Waals surface area (Å²) in [6.07, 6.45) is 5.22. The maximum Gasteiger partial charge on any atom is 0.351 e. The zero-order valence-corrected chi connectivity index (χ0v) is 12.2. The van der Waals surface area contributed by atoms with Gasteiger partial charge >= 0.3 is 5.97 Å². The molecule has 1 saturated carbocycles. The van der Waals surface area contributed by atoms with Crippen molar-refractivity contribution in [3.8, 4) is 0 Å². The molecular formula is C12H17ClN2O2S. The highest BCUT2D eigenvalue weighted by atomic mass is 35.5. The van der Waals surface area contributed by atoms with Crippen LogP contribution in [0.3, 0.4) is 0 Å². The first kappa shape index (κ1) is 13.6. The molecule has 1 aromatic rings. The van der Waals surface area contributed by atoms with Gasteiger partial charge in [-0.2, -0.15) is 0 Å². The van der Waals surface area contributed by atoms with Gasteiger partial charge < -0.3 is 9.64 Å². The van der Waals surface area contributed by atoms with Crippen molar-refractivity contribution in [1.29, 1.82) is 0 Å². The number of esters is 1. The number of hydrogen-bond donors (Lipinski definition) is 0. The lowest BCUT2D eigenvalue weighted by molar-refractivity contribution is 0.0606. The predicted octanol–water partition coefficient (Wildman–Crippen LogP) is 3.21. The fraction of sp³-hybridized carbons (Fsp3) is 0.667. The minimum absolute atomic E-state index is 0.236. The molecule has 0 unspecified atom stereocenters. The van der Waals surface area contributed by atoms with Gasteiger partial charge in [-0.1, -0.05) is 35.8 Å². The van der Waals surface area contributed by atoms with Crippen molar-refractivity contribution in [2.24, 2.45) is 5.92 Å². The second-order valence-electron chi connectivity index (χ2n) is 4.64. The molecule has 4 nitrogen and oxygen atoms in total. The molecule has 0 atom stereocenters. The van der Waals surface area contributed by atoms with Crippen LogP contribution in [0, 0.1) is 5.92 Å². The second-order valence-corrected chi connectivity index (χ2v) is 5.97. The summed E-state index contributed by atoms with van der Waals surface area (Å²) >= 11 is 7.24. The molecule has 1 heterocycles. The van der Waals surface area contributed by atoms with E-state index in [1.165, 1.54) is 44.1 Å². The number of anilines is 1. The number of carbonyl (C=O) groups is 1. The fourth-order valence-electron chi connectivity index (χ4n) is 2.33. The van der Waals surface area contributed by atoms with Crippen LogP contribution in [0.15, 0.2) is 0 Å². The minimum Gasteiger partial charge on any atom is -0.465 e. The summed E-state index contributed by atoms with van der Waals surface area (Å²) in [5, 5.41) is 1.02. The van der Waals surface area contributed by atoms with Gasteiger partial charge in [0.1, 0.15) is 0 Å². The number of aromatic nitrogens is 1. The highest BCUT2D eigenvalue weighted by Crippen LogP contribution is 2.32. The molecule has 0 radical (unpaired) electrons. The molecule has 1 aliphatic carbocycles. The topological polar surface area (TPSA) is 42.4 Å². The van der Waals surface area contributed by atoms with Gasteiger partial charge in [-0.3, -0.25) is 0 Å². The van der Waals surface area contributed by atoms with Crippen LogP contribution in [0.25, 0.3) is 0 Å². The summed E-state index contributed by atoms with van der Waals surface area (Å²) in [6.45, 7) is 0.977. The maximum atomic E-state index is 11.5. The first-order valence-electron chi connectivity index (χ1n) is 6.07. The van der Waals surface area contributed by atoms with Gasteiger partial charge in [0, 0.05) is 13.6 Å². The molecule has 18 heavy (non-hydrogen) atoms. The van der Waals surface area contributed by atoms with Gasteiger partial charge in [-0.25, -0.2) is 9.78 Å². The molecule has 6 heteroatoms. The van der Waals surface area contributed by atoms with Crippen LogP contribution < -0.4 is 4.90 Å². The van der Waals surface area contributed by atoms with E-state index in [4.69, 9.17) is 11.6 Å². The Labute approximate surface area is 116 Å². The van der Waals surface area contributed by atoms with E-state index in [0.717, 1.165) is 17.6 Å². The molecule has 1 fully saturated rings. The van der Waals surface area contributed by atoms with Gasteiger partial charge in [-0.05, 0) is 18.8 Å². The van der Waals surface area contributed by atoms with E-state index in [-0.39, 0.29) is 5.15 Å². The normalized spacial score (nSPS) is 15.9. The molecule has 0 aromatic carbocycles. The molecule has 2 rings (SSSR count). The van der Waals surface area contributed by atoms with Gasteiger partial charge in [0.25, 0.3) is 0 Å². The second kappa shape index (κ2) is 5.89. The van der Waals surface area contributed by atoms with Crippen LogP contribution in [0.2, 0.25) is 5.15 Å². The number of halogens is 1. The molecule has 0 bridgehead atoms. The summed E-state index contributed by atoms with van der Waals surface area (Å²) in [5.74, 6) is 0.317. The summed E-state index contributed by atoms with van der Waals surface area (Å²) in [4.78, 5) is 18.2. The average Bonchev–Trinajstić information content (AvgIpc) is 2.97. The van der Waals surface area contributed by atoms with Crippen LogP contribution in [0.5, 0.6) is 0 Å². The molecule has 0 saturated heterocycles. The smallest absolute Gasteiger partial charge is 0.351 e. The fourth-order valence-corrected chi connectivity index (χ4v) is 3.50. The zero-order chi connectivity index (χ0) is 13.1. The van der Waals surface area contributed by atoms with Gasteiger partial charge in [0.15, 0.2) is 15.2 Å². The lowest BCUT2D eigenvalue weighted by atomic mass is 10.1. The highest BCUT2D eigenvalue weighted by molar-refractivity contribution is 7.18. The third-order valence-electron chi connectivity index (χ3n) is 3.28. The van der Waals surface area contributed by atoms with Crippen molar-refractivity contribution in [1.82, 2.24) is 4.98 Å². The number of hydrogen-bond acceptors (Lipinski definition) is 5. The van der Waals surface area contributed by atoms with E-state index in [9.17, 15) is 4.79 Å². The first-order chi connectivity index (χ1) is 8.61. The Bertz CT molecular complexity index is 430. The Hall–Kier alpha value is -0.810. The third kappa shape index (κ3) is 2.95. The van der Waals surface area contributed by atoms with Crippen molar-refractivity contribution < 1.29 is 9.53 Å². The number of ether oxygens (including phenoxy) is 1. The van der Waals surface area contributed by atoms with Crippen molar-refractivity contribution >= 4 is 34.0 Å². The van der Waals surface area contributed by atoms with Crippen molar-refractivity contribution in [3.63, 3.8) is 0 Å². The number of nitrogens with zero attached hydrogens (tertiary/aromatic N) is 2. The van der Waals surface area contributed by atoms with Gasteiger partial charge in [-0.15, -0.1) is 0 Å². The van der Waals surface area contributed by atoms with E-state index < -0.39 is 5.97 Å². The first-order valence-corrected chi connectivity index (χ1v) is 7.27. The third-order valence-corrected chi connectivity index (χ3v) is 4.81. The minimum atomic E-state index is -0.419. The zero-order valence-electron chi connectivity index (χ0n) is 10.6. The quantitative estimate of drug-likeness (QED) is 0.798. The standard InChI is InChI=1S/C12H17ClN2O2S/c1-15(7-8-5-3-4-6-8)12-14-10(13)9(18-12)11(16)17-2/h8H,3-7H2,1-2H3. The number of thiazole rings is 1. The molecule has 0 spiro atoms. The Morgan fingerprint density at radius 3 is 2.83 bits per heavy atom. The van der Waals surface area contributed by atoms with Crippen LogP contribution in [-0.4, -0.2) is 31.7 Å². The van der Waals surface area contributed by atoms with Crippen LogP contribution >= 0.6 is 22.9 Å². The molecule has 0 amide bonds. The summed E-state index contributed by atoms with van der Waals surface area (Å²) in [6, 6.07) is 0. The van der Waals surface area contributed by atoms with E-state index in [2.05, 4.69) is 14.6 Å². The van der Waals surface area contributed by atoms with Crippen molar-refractivity contribution in [2.45, 2.75) is 25.7 Å². The highest BCUT2D eigenvalue weighted by Gasteiger charge is 2.22. The van der Waals surface area contributed by atoms with Crippen LogP contribution in [0.1, 0.15) is 35.4 Å². The Morgan fingerprint density at radius 2 is 2.22 bits per heavy atom. The molecule has 1 aliphatic rings. The van der Waals surface area contributed by atoms with Gasteiger partial charge in [0.05, 0.1) is 7.11 Å². The molecule has 1 aromatic heterocycles. The van der Waals surface area contributed by atoms with Crippen LogP contribution in [0.4, 0.5) is 5.13 Å². The van der Waals surface area contributed by atoms with Crippen LogP contribution in [-0.2, 0) is 4.74 Å². The average molecular weight is 289 g/mol.